The SMILES string of the molecule is CCNC(=NCCCN1CCCC1=O)N1CCC(c2ccccc2)C1. The first-order valence-corrected chi connectivity index (χ1v) is 9.64. The van der Waals surface area contributed by atoms with E-state index in [2.05, 4.69) is 47.5 Å². The van der Waals surface area contributed by atoms with Crippen LogP contribution in [0.25, 0.3) is 0 Å². The van der Waals surface area contributed by atoms with Crippen LogP contribution in [0.15, 0.2) is 35.3 Å². The number of carbonyl (C=O) groups excluding carboxylic acids is 1. The maximum atomic E-state index is 11.7. The number of nitrogens with zero attached hydrogens (tertiary/aromatic N) is 3. The Balaban J connectivity index is 1.51. The third-order valence-corrected chi connectivity index (χ3v) is 5.11. The van der Waals surface area contributed by atoms with Gasteiger partial charge in [0.25, 0.3) is 0 Å². The molecule has 25 heavy (non-hydrogen) atoms. The molecule has 2 heterocycles. The second-order valence-corrected chi connectivity index (χ2v) is 6.92. The van der Waals surface area contributed by atoms with Gasteiger partial charge in [0.2, 0.25) is 5.91 Å². The molecule has 2 aliphatic heterocycles. The van der Waals surface area contributed by atoms with Gasteiger partial charge in [0.1, 0.15) is 0 Å². The van der Waals surface area contributed by atoms with Crippen molar-refractivity contribution in [3.63, 3.8) is 0 Å². The summed E-state index contributed by atoms with van der Waals surface area (Å²) < 4.78 is 0. The zero-order valence-electron chi connectivity index (χ0n) is 15.3. The van der Waals surface area contributed by atoms with E-state index < -0.39 is 0 Å². The Kier molecular flexibility index (Phi) is 6.31. The molecule has 1 N–H and O–H groups in total. The van der Waals surface area contributed by atoms with Crippen LogP contribution in [0.2, 0.25) is 0 Å². The molecule has 0 spiro atoms. The highest BCUT2D eigenvalue weighted by Crippen LogP contribution is 2.26. The van der Waals surface area contributed by atoms with Gasteiger partial charge in [-0.25, -0.2) is 0 Å². The molecule has 0 aliphatic carbocycles. The van der Waals surface area contributed by atoms with Crippen molar-refractivity contribution in [2.75, 3.05) is 39.3 Å². The molecule has 136 valence electrons. The van der Waals surface area contributed by atoms with Crippen LogP contribution in [0.4, 0.5) is 0 Å². The molecule has 5 heteroatoms. The maximum Gasteiger partial charge on any atom is 0.222 e. The summed E-state index contributed by atoms with van der Waals surface area (Å²) in [5.74, 6) is 1.92. The highest BCUT2D eigenvalue weighted by Gasteiger charge is 2.26. The summed E-state index contributed by atoms with van der Waals surface area (Å²) in [5.41, 5.74) is 1.42. The molecule has 2 aliphatic rings. The van der Waals surface area contributed by atoms with Crippen molar-refractivity contribution in [2.45, 2.75) is 38.5 Å². The monoisotopic (exact) mass is 342 g/mol. The van der Waals surface area contributed by atoms with E-state index >= 15 is 0 Å². The molecular weight excluding hydrogens is 312 g/mol. The average molecular weight is 342 g/mol. The quantitative estimate of drug-likeness (QED) is 0.491. The minimum absolute atomic E-state index is 0.307. The fourth-order valence-corrected chi connectivity index (χ4v) is 3.76. The Morgan fingerprint density at radius 1 is 1.28 bits per heavy atom. The molecule has 2 fully saturated rings. The number of likely N-dealkylation sites (tertiary alicyclic amines) is 2. The average Bonchev–Trinajstić information content (AvgIpc) is 3.28. The Morgan fingerprint density at radius 3 is 2.84 bits per heavy atom. The first kappa shape index (κ1) is 17.8. The first-order valence-electron chi connectivity index (χ1n) is 9.64. The molecule has 1 aromatic rings. The molecule has 5 nitrogen and oxygen atoms in total. The second-order valence-electron chi connectivity index (χ2n) is 6.92. The molecule has 3 rings (SSSR count). The Bertz CT molecular complexity index is 587. The van der Waals surface area contributed by atoms with Crippen LogP contribution in [0.1, 0.15) is 44.1 Å². The zero-order valence-corrected chi connectivity index (χ0v) is 15.3. The Labute approximate surface area is 151 Å². The van der Waals surface area contributed by atoms with Crippen LogP contribution in [-0.4, -0.2) is 60.9 Å². The van der Waals surface area contributed by atoms with Crippen molar-refractivity contribution in [1.82, 2.24) is 15.1 Å². The lowest BCUT2D eigenvalue weighted by Crippen LogP contribution is -2.40. The summed E-state index contributed by atoms with van der Waals surface area (Å²) in [4.78, 5) is 20.8. The van der Waals surface area contributed by atoms with E-state index in [0.717, 1.165) is 64.5 Å². The molecule has 1 unspecified atom stereocenters. The normalized spacial score (nSPS) is 21.2. The summed E-state index contributed by atoms with van der Waals surface area (Å²) in [6.07, 6.45) is 3.85. The minimum atomic E-state index is 0.307. The number of rotatable bonds is 6. The van der Waals surface area contributed by atoms with Crippen LogP contribution in [0.5, 0.6) is 0 Å². The molecule has 1 aromatic carbocycles. The maximum absolute atomic E-state index is 11.7. The summed E-state index contributed by atoms with van der Waals surface area (Å²) in [7, 11) is 0. The molecule has 0 bridgehead atoms. The molecule has 2 saturated heterocycles. The van der Waals surface area contributed by atoms with E-state index in [-0.39, 0.29) is 0 Å². The van der Waals surface area contributed by atoms with Crippen LogP contribution >= 0.6 is 0 Å². The topological polar surface area (TPSA) is 47.9 Å². The zero-order chi connectivity index (χ0) is 17.5. The van der Waals surface area contributed by atoms with Crippen LogP contribution in [0.3, 0.4) is 0 Å². The van der Waals surface area contributed by atoms with Gasteiger partial charge in [0, 0.05) is 51.6 Å². The van der Waals surface area contributed by atoms with E-state index in [0.29, 0.717) is 11.8 Å². The minimum Gasteiger partial charge on any atom is -0.357 e. The fraction of sp³-hybridized carbons (Fsp3) is 0.600. The standard InChI is InChI=1S/C20H30N4O/c1-2-21-20(22-12-7-14-23-13-6-10-19(23)25)24-15-11-18(16-24)17-8-4-3-5-9-17/h3-5,8-9,18H,2,6-7,10-16H2,1H3,(H,21,22). The van der Waals surface area contributed by atoms with Crippen molar-refractivity contribution in [3.05, 3.63) is 35.9 Å². The summed E-state index contributed by atoms with van der Waals surface area (Å²) in [6, 6.07) is 10.8. The van der Waals surface area contributed by atoms with Crippen molar-refractivity contribution < 1.29 is 4.79 Å². The number of benzene rings is 1. The molecule has 1 atom stereocenters. The predicted molar refractivity (Wildman–Crippen MR) is 102 cm³/mol. The number of carbonyl (C=O) groups is 1. The molecule has 1 amide bonds. The van der Waals surface area contributed by atoms with Crippen molar-refractivity contribution in [2.24, 2.45) is 4.99 Å². The van der Waals surface area contributed by atoms with Gasteiger partial charge in [0.05, 0.1) is 0 Å². The number of aliphatic imine (C=N–C) groups is 1. The number of amides is 1. The molecule has 0 saturated carbocycles. The second kappa shape index (κ2) is 8.88. The van der Waals surface area contributed by atoms with Crippen molar-refractivity contribution in [1.29, 1.82) is 0 Å². The molecular formula is C20H30N4O. The van der Waals surface area contributed by atoms with E-state index in [1.54, 1.807) is 0 Å². The van der Waals surface area contributed by atoms with Crippen LogP contribution < -0.4 is 5.32 Å². The summed E-state index contributed by atoms with van der Waals surface area (Å²) in [5, 5.41) is 3.43. The lowest BCUT2D eigenvalue weighted by atomic mass is 9.99. The fourth-order valence-electron chi connectivity index (χ4n) is 3.76. The van der Waals surface area contributed by atoms with E-state index in [9.17, 15) is 4.79 Å². The molecule has 0 aromatic heterocycles. The van der Waals surface area contributed by atoms with Gasteiger partial charge >= 0.3 is 0 Å². The number of nitrogens with one attached hydrogen (secondary N) is 1. The van der Waals surface area contributed by atoms with Gasteiger partial charge in [-0.15, -0.1) is 0 Å². The van der Waals surface area contributed by atoms with Gasteiger partial charge in [-0.2, -0.15) is 0 Å². The van der Waals surface area contributed by atoms with Gasteiger partial charge in [-0.3, -0.25) is 9.79 Å². The van der Waals surface area contributed by atoms with Gasteiger partial charge in [0.15, 0.2) is 5.96 Å². The van der Waals surface area contributed by atoms with Gasteiger partial charge in [-0.1, -0.05) is 30.3 Å². The Morgan fingerprint density at radius 2 is 2.12 bits per heavy atom. The summed E-state index contributed by atoms with van der Waals surface area (Å²) in [6.45, 7) is 7.62. The third kappa shape index (κ3) is 4.74. The predicted octanol–water partition coefficient (Wildman–Crippen LogP) is 2.45. The number of hydrogen-bond acceptors (Lipinski definition) is 2. The number of guanidine groups is 1. The highest BCUT2D eigenvalue weighted by atomic mass is 16.2. The van der Waals surface area contributed by atoms with Gasteiger partial charge in [-0.05, 0) is 31.7 Å². The van der Waals surface area contributed by atoms with Crippen LogP contribution in [0, 0.1) is 0 Å². The van der Waals surface area contributed by atoms with Crippen molar-refractivity contribution >= 4 is 11.9 Å². The lowest BCUT2D eigenvalue weighted by Gasteiger charge is -2.22. The number of hydrogen-bond donors (Lipinski definition) is 1. The highest BCUT2D eigenvalue weighted by molar-refractivity contribution is 5.80. The van der Waals surface area contributed by atoms with Gasteiger partial charge < -0.3 is 15.1 Å². The Hall–Kier alpha value is -2.04. The van der Waals surface area contributed by atoms with E-state index in [1.807, 2.05) is 4.90 Å². The smallest absolute Gasteiger partial charge is 0.222 e. The molecule has 0 radical (unpaired) electrons. The first-order chi connectivity index (χ1) is 12.3. The van der Waals surface area contributed by atoms with Crippen molar-refractivity contribution in [3.8, 4) is 0 Å². The van der Waals surface area contributed by atoms with E-state index in [4.69, 9.17) is 4.99 Å². The van der Waals surface area contributed by atoms with E-state index in [1.165, 1.54) is 12.0 Å². The summed E-state index contributed by atoms with van der Waals surface area (Å²) >= 11 is 0. The van der Waals surface area contributed by atoms with Crippen LogP contribution in [-0.2, 0) is 4.79 Å². The lowest BCUT2D eigenvalue weighted by molar-refractivity contribution is -0.127. The largest absolute Gasteiger partial charge is 0.357 e. The third-order valence-electron chi connectivity index (χ3n) is 5.11.